The first-order chi connectivity index (χ1) is 15.9. The van der Waals surface area contributed by atoms with Crippen LogP contribution in [0.3, 0.4) is 0 Å². The van der Waals surface area contributed by atoms with Gasteiger partial charge in [-0.3, -0.25) is 10.1 Å². The predicted molar refractivity (Wildman–Crippen MR) is 125 cm³/mol. The number of ether oxygens (including phenoxy) is 3. The van der Waals surface area contributed by atoms with E-state index < -0.39 is 10.9 Å². The summed E-state index contributed by atoms with van der Waals surface area (Å²) in [6.07, 6.45) is 1.56. The molecule has 0 aliphatic carbocycles. The van der Waals surface area contributed by atoms with E-state index in [0.717, 1.165) is 10.0 Å². The van der Waals surface area contributed by atoms with Crippen molar-refractivity contribution in [1.82, 2.24) is 0 Å². The minimum Gasteiger partial charge on any atom is -0.493 e. The van der Waals surface area contributed by atoms with Gasteiger partial charge in [-0.05, 0) is 42.0 Å². The lowest BCUT2D eigenvalue weighted by atomic mass is 10.1. The van der Waals surface area contributed by atoms with Crippen LogP contribution in [-0.4, -0.2) is 23.9 Å². The van der Waals surface area contributed by atoms with Gasteiger partial charge in [0, 0.05) is 27.7 Å². The fourth-order valence-corrected chi connectivity index (χ4v) is 3.37. The number of nitro benzene ring substituents is 1. The van der Waals surface area contributed by atoms with E-state index in [9.17, 15) is 14.9 Å². The van der Waals surface area contributed by atoms with Crippen LogP contribution in [0.2, 0.25) is 0 Å². The van der Waals surface area contributed by atoms with Crippen LogP contribution >= 0.6 is 15.9 Å². The number of nitrogens with zero attached hydrogens (tertiary/aromatic N) is 2. The summed E-state index contributed by atoms with van der Waals surface area (Å²) in [5, 5.41) is 10.8. The molecule has 0 fully saturated rings. The van der Waals surface area contributed by atoms with Crippen molar-refractivity contribution in [2.24, 2.45) is 4.99 Å². The number of hydrogen-bond donors (Lipinski definition) is 0. The Kier molecular flexibility index (Phi) is 6.50. The fourth-order valence-electron chi connectivity index (χ4n) is 3.10. The number of para-hydroxylation sites is 1. The van der Waals surface area contributed by atoms with E-state index in [0.29, 0.717) is 29.2 Å². The maximum absolute atomic E-state index is 12.4. The molecule has 1 heterocycles. The summed E-state index contributed by atoms with van der Waals surface area (Å²) < 4.78 is 17.7. The third kappa shape index (κ3) is 5.09. The third-order valence-corrected chi connectivity index (χ3v) is 5.29. The number of methoxy groups -OCH3 is 1. The van der Waals surface area contributed by atoms with Crippen molar-refractivity contribution in [1.29, 1.82) is 0 Å². The van der Waals surface area contributed by atoms with Gasteiger partial charge in [0.1, 0.15) is 6.61 Å². The van der Waals surface area contributed by atoms with Crippen molar-refractivity contribution in [2.75, 3.05) is 7.11 Å². The first kappa shape index (κ1) is 22.2. The lowest BCUT2D eigenvalue weighted by Gasteiger charge is -2.13. The highest BCUT2D eigenvalue weighted by atomic mass is 79.9. The zero-order valence-electron chi connectivity index (χ0n) is 17.4. The minimum atomic E-state index is -0.634. The summed E-state index contributed by atoms with van der Waals surface area (Å²) in [5.74, 6) is 0.404. The molecular weight excluding hydrogens is 492 g/mol. The fraction of sp³-hybridized carbons (Fsp3) is 0.0833. The molecule has 0 saturated carbocycles. The average molecular weight is 509 g/mol. The normalized spacial score (nSPS) is 14.1. The Morgan fingerprint density at radius 3 is 2.48 bits per heavy atom. The molecule has 9 heteroatoms. The molecule has 1 aliphatic rings. The molecule has 166 valence electrons. The molecule has 33 heavy (non-hydrogen) atoms. The number of cyclic esters (lactones) is 1. The van der Waals surface area contributed by atoms with Crippen LogP contribution in [0.25, 0.3) is 6.08 Å². The minimum absolute atomic E-state index is 0.0663. The summed E-state index contributed by atoms with van der Waals surface area (Å²) >= 11 is 3.41. The van der Waals surface area contributed by atoms with Crippen molar-refractivity contribution >= 4 is 39.6 Å². The number of halogens is 1. The van der Waals surface area contributed by atoms with Crippen molar-refractivity contribution in [2.45, 2.75) is 6.61 Å². The van der Waals surface area contributed by atoms with Gasteiger partial charge in [-0.25, -0.2) is 9.79 Å². The van der Waals surface area contributed by atoms with E-state index >= 15 is 0 Å². The first-order valence-corrected chi connectivity index (χ1v) is 10.6. The standard InChI is InChI=1S/C24H17BrN2O6/c1-31-21-4-2-3-17(22(21)32-14-15-5-9-18(25)10-6-15)13-20-24(28)33-23(26-20)16-7-11-19(12-8-16)27(29)30/h2-13H,14H2,1H3/b20-13-. The van der Waals surface area contributed by atoms with Gasteiger partial charge in [0.05, 0.1) is 12.0 Å². The third-order valence-electron chi connectivity index (χ3n) is 4.76. The Morgan fingerprint density at radius 2 is 1.82 bits per heavy atom. The molecule has 1 aliphatic heterocycles. The molecule has 0 amide bonds. The Balaban J connectivity index is 1.62. The van der Waals surface area contributed by atoms with Gasteiger partial charge < -0.3 is 14.2 Å². The van der Waals surface area contributed by atoms with Crippen LogP contribution in [0.5, 0.6) is 11.5 Å². The number of non-ortho nitro benzene ring substituents is 1. The van der Waals surface area contributed by atoms with Crippen LogP contribution in [-0.2, 0) is 16.1 Å². The highest BCUT2D eigenvalue weighted by molar-refractivity contribution is 9.10. The molecule has 3 aromatic rings. The van der Waals surface area contributed by atoms with Gasteiger partial charge >= 0.3 is 5.97 Å². The second-order valence-electron chi connectivity index (χ2n) is 6.93. The van der Waals surface area contributed by atoms with E-state index in [1.807, 2.05) is 24.3 Å². The van der Waals surface area contributed by atoms with E-state index in [1.54, 1.807) is 24.3 Å². The number of carbonyl (C=O) groups is 1. The molecule has 0 N–H and O–H groups in total. The monoisotopic (exact) mass is 508 g/mol. The lowest BCUT2D eigenvalue weighted by Crippen LogP contribution is -2.05. The molecule has 0 aromatic heterocycles. The maximum atomic E-state index is 12.4. The van der Waals surface area contributed by atoms with Gasteiger partial charge in [0.15, 0.2) is 17.2 Å². The lowest BCUT2D eigenvalue weighted by molar-refractivity contribution is -0.384. The van der Waals surface area contributed by atoms with Crippen molar-refractivity contribution in [3.63, 3.8) is 0 Å². The molecule has 0 spiro atoms. The number of benzene rings is 3. The number of esters is 1. The number of nitro groups is 1. The Labute approximate surface area is 197 Å². The van der Waals surface area contributed by atoms with Crippen LogP contribution in [0.1, 0.15) is 16.7 Å². The summed E-state index contributed by atoms with van der Waals surface area (Å²) in [4.78, 5) is 27.0. The summed E-state index contributed by atoms with van der Waals surface area (Å²) in [7, 11) is 1.54. The number of aliphatic imine (C=N–C) groups is 1. The van der Waals surface area contributed by atoms with Gasteiger partial charge in [0.2, 0.25) is 5.90 Å². The zero-order chi connectivity index (χ0) is 23.4. The largest absolute Gasteiger partial charge is 0.493 e. The SMILES string of the molecule is COc1cccc(/C=C2\N=C(c3ccc([N+](=O)[O-])cc3)OC2=O)c1OCc1ccc(Br)cc1. The van der Waals surface area contributed by atoms with Crippen LogP contribution in [0, 0.1) is 10.1 Å². The van der Waals surface area contributed by atoms with Gasteiger partial charge in [-0.15, -0.1) is 0 Å². The summed E-state index contributed by atoms with van der Waals surface area (Å²) in [5.41, 5.74) is 2.01. The van der Waals surface area contributed by atoms with Crippen molar-refractivity contribution in [3.8, 4) is 11.5 Å². The second-order valence-corrected chi connectivity index (χ2v) is 7.85. The van der Waals surface area contributed by atoms with Gasteiger partial charge in [0.25, 0.3) is 5.69 Å². The topological polar surface area (TPSA) is 100 Å². The quantitative estimate of drug-likeness (QED) is 0.186. The second kappa shape index (κ2) is 9.66. The average Bonchev–Trinajstić information content (AvgIpc) is 3.19. The molecule has 0 saturated heterocycles. The molecule has 0 unspecified atom stereocenters. The maximum Gasteiger partial charge on any atom is 0.363 e. The Hall–Kier alpha value is -3.98. The summed E-state index contributed by atoms with van der Waals surface area (Å²) in [6.45, 7) is 0.297. The van der Waals surface area contributed by atoms with Crippen LogP contribution in [0.4, 0.5) is 5.69 Å². The molecule has 4 rings (SSSR count). The van der Waals surface area contributed by atoms with E-state index in [-0.39, 0.29) is 17.3 Å². The molecule has 3 aromatic carbocycles. The smallest absolute Gasteiger partial charge is 0.363 e. The molecule has 0 atom stereocenters. The predicted octanol–water partition coefficient (Wildman–Crippen LogP) is 5.29. The van der Waals surface area contributed by atoms with E-state index in [4.69, 9.17) is 14.2 Å². The number of hydrogen-bond acceptors (Lipinski definition) is 7. The highest BCUT2D eigenvalue weighted by Gasteiger charge is 2.25. The Morgan fingerprint density at radius 1 is 1.09 bits per heavy atom. The van der Waals surface area contributed by atoms with E-state index in [1.165, 1.54) is 31.4 Å². The summed E-state index contributed by atoms with van der Waals surface area (Å²) in [6, 6.07) is 18.6. The molecule has 0 radical (unpaired) electrons. The van der Waals surface area contributed by atoms with Crippen LogP contribution < -0.4 is 9.47 Å². The Bertz CT molecular complexity index is 1270. The van der Waals surface area contributed by atoms with Gasteiger partial charge in [-0.1, -0.05) is 40.2 Å². The molecular formula is C24H17BrN2O6. The van der Waals surface area contributed by atoms with Crippen molar-refractivity contribution < 1.29 is 23.9 Å². The number of rotatable bonds is 7. The zero-order valence-corrected chi connectivity index (χ0v) is 18.9. The number of carbonyl (C=O) groups excluding carboxylic acids is 1. The molecule has 0 bridgehead atoms. The van der Waals surface area contributed by atoms with Gasteiger partial charge in [-0.2, -0.15) is 0 Å². The van der Waals surface area contributed by atoms with E-state index in [2.05, 4.69) is 20.9 Å². The first-order valence-electron chi connectivity index (χ1n) is 9.76. The highest BCUT2D eigenvalue weighted by Crippen LogP contribution is 2.34. The van der Waals surface area contributed by atoms with Crippen molar-refractivity contribution in [3.05, 3.63) is 104 Å². The van der Waals surface area contributed by atoms with Crippen LogP contribution in [0.15, 0.2) is 81.9 Å². The molecule has 8 nitrogen and oxygen atoms in total.